The molecule has 2 amide bonds. The molecule has 2 heterocycles. The lowest BCUT2D eigenvalue weighted by Gasteiger charge is -2.11. The molecule has 11 heteroatoms. The molecule has 38 heavy (non-hydrogen) atoms. The third-order valence-electron chi connectivity index (χ3n) is 5.67. The molecule has 0 aliphatic rings. The van der Waals surface area contributed by atoms with E-state index in [1.807, 2.05) is 19.1 Å². The lowest BCUT2D eigenvalue weighted by atomic mass is 10.1. The minimum absolute atomic E-state index is 0.123. The molecule has 0 atom stereocenters. The molecule has 5 rings (SSSR count). The first kappa shape index (κ1) is 24.8. The zero-order chi connectivity index (χ0) is 26.6. The number of hydrogen-bond donors (Lipinski definition) is 4. The SMILES string of the molecule is CCCOc1ccccc1C(=O)Nc1cccc2cc(C(=O)Nc3ccc(Cl)cc3-c3noc(=O)[nH]3)[nH]c12. The Kier molecular flexibility index (Phi) is 6.96. The Morgan fingerprint density at radius 3 is 2.58 bits per heavy atom. The lowest BCUT2D eigenvalue weighted by Crippen LogP contribution is -2.14. The average molecular weight is 532 g/mol. The second kappa shape index (κ2) is 10.7. The first-order valence-electron chi connectivity index (χ1n) is 11.7. The van der Waals surface area contributed by atoms with Gasteiger partial charge in [0.2, 0.25) is 0 Å². The number of nitrogens with one attached hydrogen (secondary N) is 4. The van der Waals surface area contributed by atoms with E-state index in [4.69, 9.17) is 16.3 Å². The van der Waals surface area contributed by atoms with Gasteiger partial charge in [-0.05, 0) is 48.9 Å². The summed E-state index contributed by atoms with van der Waals surface area (Å²) in [6.07, 6.45) is 0.816. The van der Waals surface area contributed by atoms with E-state index in [9.17, 15) is 14.4 Å². The van der Waals surface area contributed by atoms with Gasteiger partial charge in [-0.2, -0.15) is 0 Å². The predicted molar refractivity (Wildman–Crippen MR) is 144 cm³/mol. The number of halogens is 1. The Labute approximate surface area is 221 Å². The molecule has 0 spiro atoms. The lowest BCUT2D eigenvalue weighted by molar-refractivity contribution is 0.101. The van der Waals surface area contributed by atoms with Gasteiger partial charge in [-0.25, -0.2) is 4.79 Å². The fraction of sp³-hybridized carbons (Fsp3) is 0.111. The summed E-state index contributed by atoms with van der Waals surface area (Å²) >= 11 is 6.11. The van der Waals surface area contributed by atoms with Crippen molar-refractivity contribution >= 4 is 45.7 Å². The van der Waals surface area contributed by atoms with Crippen molar-refractivity contribution in [1.82, 2.24) is 15.1 Å². The minimum atomic E-state index is -0.734. The summed E-state index contributed by atoms with van der Waals surface area (Å²) in [5, 5.41) is 10.5. The number of H-pyrrole nitrogens is 2. The summed E-state index contributed by atoms with van der Waals surface area (Å²) in [6.45, 7) is 2.49. The number of rotatable bonds is 8. The van der Waals surface area contributed by atoms with E-state index in [0.29, 0.717) is 45.4 Å². The van der Waals surface area contributed by atoms with Crippen LogP contribution in [-0.2, 0) is 0 Å². The van der Waals surface area contributed by atoms with Crippen LogP contribution < -0.4 is 21.1 Å². The Hall–Kier alpha value is -4.83. The van der Waals surface area contributed by atoms with Crippen molar-refractivity contribution in [3.63, 3.8) is 0 Å². The van der Waals surface area contributed by atoms with Crippen LogP contribution in [0.25, 0.3) is 22.3 Å². The summed E-state index contributed by atoms with van der Waals surface area (Å²) in [5.41, 5.74) is 2.48. The van der Waals surface area contributed by atoms with Crippen molar-refractivity contribution < 1.29 is 18.8 Å². The van der Waals surface area contributed by atoms with Gasteiger partial charge in [0, 0.05) is 16.0 Å². The largest absolute Gasteiger partial charge is 0.493 e. The van der Waals surface area contributed by atoms with Gasteiger partial charge in [0.1, 0.15) is 11.4 Å². The van der Waals surface area contributed by atoms with Crippen LogP contribution in [0.1, 0.15) is 34.2 Å². The molecule has 192 valence electrons. The number of carbonyl (C=O) groups is 2. The first-order chi connectivity index (χ1) is 18.4. The van der Waals surface area contributed by atoms with Gasteiger partial charge >= 0.3 is 5.76 Å². The number of hydrogen-bond acceptors (Lipinski definition) is 6. The molecule has 4 N–H and O–H groups in total. The first-order valence-corrected chi connectivity index (χ1v) is 12.1. The highest BCUT2D eigenvalue weighted by Gasteiger charge is 2.18. The topological polar surface area (TPSA) is 142 Å². The molecule has 5 aromatic rings. The number of amides is 2. The van der Waals surface area contributed by atoms with Crippen LogP contribution in [0.15, 0.2) is 76.0 Å². The van der Waals surface area contributed by atoms with Crippen LogP contribution in [0, 0.1) is 0 Å². The van der Waals surface area contributed by atoms with Crippen molar-refractivity contribution in [2.24, 2.45) is 0 Å². The van der Waals surface area contributed by atoms with E-state index in [1.54, 1.807) is 54.6 Å². The predicted octanol–water partition coefficient (Wildman–Crippen LogP) is 5.46. The molecular formula is C27H22ClN5O5. The molecule has 10 nitrogen and oxygen atoms in total. The van der Waals surface area contributed by atoms with Gasteiger partial charge in [0.25, 0.3) is 11.8 Å². The van der Waals surface area contributed by atoms with Gasteiger partial charge in [0.05, 0.1) is 29.1 Å². The zero-order valence-corrected chi connectivity index (χ0v) is 20.9. The van der Waals surface area contributed by atoms with E-state index in [0.717, 1.165) is 11.8 Å². The molecule has 0 saturated carbocycles. The number of aromatic nitrogens is 3. The van der Waals surface area contributed by atoms with Crippen LogP contribution in [0.4, 0.5) is 11.4 Å². The van der Waals surface area contributed by atoms with Crippen LogP contribution in [-0.4, -0.2) is 33.5 Å². The molecule has 0 fully saturated rings. The van der Waals surface area contributed by atoms with Crippen molar-refractivity contribution in [2.45, 2.75) is 13.3 Å². The molecule has 0 aliphatic carbocycles. The molecule has 0 bridgehead atoms. The molecule has 0 unspecified atom stereocenters. The highest BCUT2D eigenvalue weighted by Crippen LogP contribution is 2.30. The molecule has 3 aromatic carbocycles. The van der Waals surface area contributed by atoms with Crippen LogP contribution in [0.5, 0.6) is 5.75 Å². The quantitative estimate of drug-likeness (QED) is 0.209. The Bertz CT molecular complexity index is 1700. The number of aromatic amines is 2. The number of para-hydroxylation sites is 2. The van der Waals surface area contributed by atoms with E-state index in [2.05, 4.69) is 30.3 Å². The van der Waals surface area contributed by atoms with E-state index < -0.39 is 11.7 Å². The summed E-state index contributed by atoms with van der Waals surface area (Å²) in [4.78, 5) is 43.2. The number of carbonyl (C=O) groups excluding carboxylic acids is 2. The summed E-state index contributed by atoms with van der Waals surface area (Å²) in [5.74, 6) is -0.902. The van der Waals surface area contributed by atoms with Gasteiger partial charge in [-0.15, -0.1) is 0 Å². The molecule has 0 saturated heterocycles. The van der Waals surface area contributed by atoms with Crippen molar-refractivity contribution in [2.75, 3.05) is 17.2 Å². The van der Waals surface area contributed by atoms with Crippen LogP contribution in [0.3, 0.4) is 0 Å². The Balaban J connectivity index is 1.41. The monoisotopic (exact) mass is 531 g/mol. The summed E-state index contributed by atoms with van der Waals surface area (Å²) in [7, 11) is 0. The molecule has 0 radical (unpaired) electrons. The highest BCUT2D eigenvalue weighted by molar-refractivity contribution is 6.31. The summed E-state index contributed by atoms with van der Waals surface area (Å²) in [6, 6.07) is 18.8. The number of benzene rings is 3. The third-order valence-corrected chi connectivity index (χ3v) is 5.90. The average Bonchev–Trinajstić information content (AvgIpc) is 3.55. The van der Waals surface area contributed by atoms with Gasteiger partial charge < -0.3 is 20.4 Å². The maximum Gasteiger partial charge on any atom is 0.439 e. The van der Waals surface area contributed by atoms with Gasteiger partial charge in [-0.1, -0.05) is 47.9 Å². The number of fused-ring (bicyclic) bond motifs is 1. The van der Waals surface area contributed by atoms with Crippen molar-refractivity contribution in [1.29, 1.82) is 0 Å². The molecular weight excluding hydrogens is 510 g/mol. The van der Waals surface area contributed by atoms with Crippen molar-refractivity contribution in [3.05, 3.63) is 93.6 Å². The van der Waals surface area contributed by atoms with Gasteiger partial charge in [-0.3, -0.25) is 19.1 Å². The van der Waals surface area contributed by atoms with E-state index in [1.165, 1.54) is 0 Å². The smallest absolute Gasteiger partial charge is 0.439 e. The molecule has 0 aliphatic heterocycles. The second-order valence-corrected chi connectivity index (χ2v) is 8.78. The minimum Gasteiger partial charge on any atom is -0.493 e. The van der Waals surface area contributed by atoms with E-state index in [-0.39, 0.29) is 17.4 Å². The highest BCUT2D eigenvalue weighted by atomic mass is 35.5. The van der Waals surface area contributed by atoms with Crippen molar-refractivity contribution in [3.8, 4) is 17.1 Å². The van der Waals surface area contributed by atoms with Crippen LogP contribution in [0.2, 0.25) is 5.02 Å². The standard InChI is InChI=1S/C27H22ClN5O5/c1-2-12-37-22-9-4-3-7-17(22)25(34)31-20-8-5-6-15-13-21(29-23(15)20)26(35)30-19-11-10-16(28)14-18(19)24-32-27(36)38-33-24/h3-11,13-14,29H,2,12H2,1H3,(H,30,35)(H,31,34)(H,32,33,36). The maximum atomic E-state index is 13.2. The zero-order valence-electron chi connectivity index (χ0n) is 20.1. The number of ether oxygens (including phenoxy) is 1. The van der Waals surface area contributed by atoms with E-state index >= 15 is 0 Å². The van der Waals surface area contributed by atoms with Crippen LogP contribution >= 0.6 is 11.6 Å². The Morgan fingerprint density at radius 2 is 1.79 bits per heavy atom. The fourth-order valence-corrected chi connectivity index (χ4v) is 4.09. The Morgan fingerprint density at radius 1 is 0.974 bits per heavy atom. The number of nitrogens with zero attached hydrogens (tertiary/aromatic N) is 1. The maximum absolute atomic E-state index is 13.2. The number of anilines is 2. The molecule has 2 aromatic heterocycles. The van der Waals surface area contributed by atoms with Gasteiger partial charge in [0.15, 0.2) is 5.82 Å². The fourth-order valence-electron chi connectivity index (χ4n) is 3.92. The second-order valence-electron chi connectivity index (χ2n) is 8.34. The summed E-state index contributed by atoms with van der Waals surface area (Å²) < 4.78 is 10.3. The third kappa shape index (κ3) is 5.16. The normalized spacial score (nSPS) is 10.9.